The van der Waals surface area contributed by atoms with Crippen molar-refractivity contribution >= 4 is 5.90 Å². The average molecular weight is 311 g/mol. The summed E-state index contributed by atoms with van der Waals surface area (Å²) in [6, 6.07) is 8.36. The van der Waals surface area contributed by atoms with Crippen molar-refractivity contribution in [2.75, 3.05) is 19.6 Å². The minimum absolute atomic E-state index is 0. The Hall–Kier alpha value is -1.06. The predicted molar refractivity (Wildman–Crippen MR) is 83.7 cm³/mol. The Morgan fingerprint density at radius 2 is 1.67 bits per heavy atom. The lowest BCUT2D eigenvalue weighted by molar-refractivity contribution is -0.887. The first kappa shape index (κ1) is 18.0. The zero-order chi connectivity index (χ0) is 14.6. The number of likely N-dealkylation sites (N-methyl/N-ethyl adjacent to an activating group) is 1. The average Bonchev–Trinajstić information content (AvgIpc) is 2.51. The molecule has 0 amide bonds. The van der Waals surface area contributed by atoms with Crippen molar-refractivity contribution in [3.63, 3.8) is 0 Å². The van der Waals surface area contributed by atoms with Crippen LogP contribution in [0.4, 0.5) is 0 Å². The molecule has 118 valence electrons. The van der Waals surface area contributed by atoms with E-state index in [1.807, 2.05) is 6.07 Å². The van der Waals surface area contributed by atoms with E-state index in [-0.39, 0.29) is 17.9 Å². The first-order valence-electron chi connectivity index (χ1n) is 7.88. The number of ether oxygens (including phenoxy) is 1. The molecule has 1 aromatic carbocycles. The molecule has 1 heterocycles. The summed E-state index contributed by atoms with van der Waals surface area (Å²) in [5.74, 6) is 1.89. The van der Waals surface area contributed by atoms with Crippen LogP contribution in [-0.4, -0.2) is 25.5 Å². The van der Waals surface area contributed by atoms with Gasteiger partial charge in [0.2, 0.25) is 5.90 Å². The first-order chi connectivity index (χ1) is 9.69. The molecule has 0 aromatic heterocycles. The van der Waals surface area contributed by atoms with Crippen LogP contribution in [0.5, 0.6) is 5.75 Å². The molecule has 0 saturated carbocycles. The van der Waals surface area contributed by atoms with Crippen molar-refractivity contribution in [1.29, 1.82) is 0 Å². The van der Waals surface area contributed by atoms with Crippen molar-refractivity contribution < 1.29 is 22.0 Å². The fraction of sp³-hybridized carbons (Fsp3) is 0.588. The highest BCUT2D eigenvalue weighted by molar-refractivity contribution is 5.82. The Labute approximate surface area is 134 Å². The van der Waals surface area contributed by atoms with Crippen LogP contribution in [-0.2, 0) is 5.54 Å². The number of nitrogens with zero attached hydrogens (tertiary/aromatic N) is 1. The number of hydrogen-bond donors (Lipinski definition) is 1. The van der Waals surface area contributed by atoms with E-state index < -0.39 is 0 Å². The summed E-state index contributed by atoms with van der Waals surface area (Å²) in [4.78, 5) is 6.50. The number of nitrogens with one attached hydrogen (secondary N) is 1. The molecule has 1 aromatic rings. The van der Waals surface area contributed by atoms with Crippen molar-refractivity contribution in [3.8, 4) is 5.75 Å². The third-order valence-corrected chi connectivity index (χ3v) is 4.53. The molecular formula is C17H27ClN2O. The van der Waals surface area contributed by atoms with Crippen molar-refractivity contribution in [3.05, 3.63) is 29.8 Å². The van der Waals surface area contributed by atoms with E-state index in [0.29, 0.717) is 0 Å². The van der Waals surface area contributed by atoms with Gasteiger partial charge in [0, 0.05) is 5.56 Å². The number of rotatable bonds is 6. The van der Waals surface area contributed by atoms with Gasteiger partial charge in [-0.1, -0.05) is 32.0 Å². The van der Waals surface area contributed by atoms with Crippen LogP contribution in [0.3, 0.4) is 0 Å². The molecular weight excluding hydrogens is 284 g/mol. The van der Waals surface area contributed by atoms with Crippen LogP contribution in [0.2, 0.25) is 0 Å². The minimum atomic E-state index is -0.100. The Balaban J connectivity index is 0.00000220. The molecule has 1 aliphatic rings. The second-order valence-corrected chi connectivity index (χ2v) is 5.48. The number of halogens is 1. The van der Waals surface area contributed by atoms with Crippen LogP contribution >= 0.6 is 0 Å². The fourth-order valence-electron chi connectivity index (χ4n) is 2.97. The van der Waals surface area contributed by atoms with Gasteiger partial charge in [0.15, 0.2) is 6.54 Å². The van der Waals surface area contributed by atoms with Crippen molar-refractivity contribution in [2.24, 2.45) is 4.99 Å². The third kappa shape index (κ3) is 3.58. The van der Waals surface area contributed by atoms with Crippen LogP contribution in [0, 0.1) is 0 Å². The van der Waals surface area contributed by atoms with Crippen molar-refractivity contribution in [2.45, 2.75) is 46.1 Å². The molecule has 0 saturated heterocycles. The Kier molecular flexibility index (Phi) is 6.69. The highest BCUT2D eigenvalue weighted by atomic mass is 35.5. The molecule has 0 atom stereocenters. The lowest BCUT2D eigenvalue weighted by atomic mass is 9.84. The van der Waals surface area contributed by atoms with Crippen molar-refractivity contribution in [1.82, 2.24) is 0 Å². The van der Waals surface area contributed by atoms with Crippen LogP contribution < -0.4 is 22.0 Å². The monoisotopic (exact) mass is 310 g/mol. The van der Waals surface area contributed by atoms with Gasteiger partial charge < -0.3 is 22.0 Å². The first-order valence-corrected chi connectivity index (χ1v) is 7.88. The Morgan fingerprint density at radius 3 is 2.24 bits per heavy atom. The number of hydrogen-bond acceptors (Lipinski definition) is 2. The van der Waals surface area contributed by atoms with Crippen LogP contribution in [0.15, 0.2) is 29.3 Å². The number of fused-ring (bicyclic) bond motifs is 1. The predicted octanol–water partition coefficient (Wildman–Crippen LogP) is -0.578. The highest BCUT2D eigenvalue weighted by Gasteiger charge is 2.36. The molecule has 0 bridgehead atoms. The standard InChI is InChI=1S/C17H26N2O.ClH/c1-5-17(6-2)14-11-9-10-12-15(14)20-16(18-17)13-19(7-3)8-4;/h9-12H,5-8,13H2,1-4H3;1H. The second kappa shape index (κ2) is 7.81. The maximum Gasteiger partial charge on any atom is 0.247 e. The Morgan fingerprint density at radius 1 is 1.05 bits per heavy atom. The molecule has 4 heteroatoms. The van der Waals surface area contributed by atoms with Gasteiger partial charge >= 0.3 is 0 Å². The van der Waals surface area contributed by atoms with Crippen LogP contribution in [0.1, 0.15) is 46.1 Å². The SMILES string of the molecule is CC[NH+](CC)CC1=NC(CC)(CC)c2ccccc2O1.[Cl-]. The van der Waals surface area contributed by atoms with E-state index in [4.69, 9.17) is 9.73 Å². The molecule has 0 spiro atoms. The maximum atomic E-state index is 6.05. The van der Waals surface area contributed by atoms with Gasteiger partial charge in [0.05, 0.1) is 18.6 Å². The molecule has 1 aliphatic heterocycles. The normalized spacial score (nSPS) is 15.8. The highest BCUT2D eigenvalue weighted by Crippen LogP contribution is 2.41. The summed E-state index contributed by atoms with van der Waals surface area (Å²) >= 11 is 0. The van der Waals surface area contributed by atoms with Gasteiger partial charge in [-0.3, -0.25) is 0 Å². The maximum absolute atomic E-state index is 6.05. The quantitative estimate of drug-likeness (QED) is 0.748. The summed E-state index contributed by atoms with van der Waals surface area (Å²) in [5, 5.41) is 0. The molecule has 0 aliphatic carbocycles. The lowest BCUT2D eigenvalue weighted by Gasteiger charge is -2.34. The van der Waals surface area contributed by atoms with E-state index in [1.54, 1.807) is 0 Å². The smallest absolute Gasteiger partial charge is 0.247 e. The van der Waals surface area contributed by atoms with E-state index in [2.05, 4.69) is 45.9 Å². The largest absolute Gasteiger partial charge is 1.00 e. The molecule has 21 heavy (non-hydrogen) atoms. The summed E-state index contributed by atoms with van der Waals surface area (Å²) in [5.41, 5.74) is 1.14. The number of quaternary nitrogens is 1. The summed E-state index contributed by atoms with van der Waals surface area (Å²) in [6.07, 6.45) is 2.03. The number of para-hydroxylation sites is 1. The lowest BCUT2D eigenvalue weighted by Crippen LogP contribution is -3.12. The van der Waals surface area contributed by atoms with Gasteiger partial charge in [0.25, 0.3) is 0 Å². The third-order valence-electron chi connectivity index (χ3n) is 4.53. The topological polar surface area (TPSA) is 26.0 Å². The molecule has 0 fully saturated rings. The summed E-state index contributed by atoms with van der Waals surface area (Å²) in [6.45, 7) is 11.9. The number of aliphatic imine (C=N–C) groups is 1. The van der Waals surface area contributed by atoms with Gasteiger partial charge in [-0.15, -0.1) is 0 Å². The molecule has 0 unspecified atom stereocenters. The van der Waals surface area contributed by atoms with E-state index >= 15 is 0 Å². The van der Waals surface area contributed by atoms with E-state index in [0.717, 1.165) is 44.1 Å². The zero-order valence-corrected chi connectivity index (χ0v) is 14.3. The second-order valence-electron chi connectivity index (χ2n) is 5.48. The molecule has 3 nitrogen and oxygen atoms in total. The van der Waals surface area contributed by atoms with Gasteiger partial charge in [-0.25, -0.2) is 4.99 Å². The number of benzene rings is 1. The fourth-order valence-corrected chi connectivity index (χ4v) is 2.97. The van der Waals surface area contributed by atoms with Crippen LogP contribution in [0.25, 0.3) is 0 Å². The van der Waals surface area contributed by atoms with Gasteiger partial charge in [0.1, 0.15) is 5.75 Å². The molecule has 0 radical (unpaired) electrons. The summed E-state index contributed by atoms with van der Waals surface area (Å²) < 4.78 is 6.05. The molecule has 1 N–H and O–H groups in total. The van der Waals surface area contributed by atoms with Gasteiger partial charge in [-0.2, -0.15) is 0 Å². The summed E-state index contributed by atoms with van der Waals surface area (Å²) in [7, 11) is 0. The molecule has 2 rings (SSSR count). The zero-order valence-electron chi connectivity index (χ0n) is 13.6. The van der Waals surface area contributed by atoms with E-state index in [1.165, 1.54) is 10.5 Å². The van der Waals surface area contributed by atoms with E-state index in [9.17, 15) is 0 Å². The van der Waals surface area contributed by atoms with Gasteiger partial charge in [-0.05, 0) is 32.8 Å². The minimum Gasteiger partial charge on any atom is -1.00 e. The Bertz CT molecular complexity index is 479.